The van der Waals surface area contributed by atoms with Crippen molar-refractivity contribution >= 4 is 7.60 Å². The maximum atomic E-state index is 11.9. The Morgan fingerprint density at radius 2 is 1.00 bits per heavy atom. The summed E-state index contributed by atoms with van der Waals surface area (Å²) in [5, 5.41) is 0. The molecule has 0 saturated heterocycles. The van der Waals surface area contributed by atoms with Crippen LogP contribution in [0.4, 0.5) is 0 Å². The Hall–Kier alpha value is 0.656. The van der Waals surface area contributed by atoms with E-state index in [2.05, 4.69) is 13.8 Å². The Morgan fingerprint density at radius 1 is 0.640 bits per heavy atom. The van der Waals surface area contributed by atoms with Gasteiger partial charge in [0.25, 0.3) is 0 Å². The van der Waals surface area contributed by atoms with Crippen LogP contribution in [0.5, 0.6) is 0 Å². The third-order valence-corrected chi connectivity index (χ3v) is 6.05. The van der Waals surface area contributed by atoms with E-state index in [9.17, 15) is 9.46 Å². The van der Waals surface area contributed by atoms with E-state index in [4.69, 9.17) is 4.52 Å². The Labute approximate surface area is 167 Å². The first-order valence-corrected chi connectivity index (χ1v) is 12.3. The van der Waals surface area contributed by atoms with Crippen molar-refractivity contribution in [1.82, 2.24) is 0 Å². The summed E-state index contributed by atoms with van der Waals surface area (Å²) >= 11 is 0. The van der Waals surface area contributed by atoms with Crippen LogP contribution < -0.4 is 0 Å². The summed E-state index contributed by atoms with van der Waals surface area (Å²) < 4.78 is 17.2. The molecule has 0 aromatic heterocycles. The van der Waals surface area contributed by atoms with Gasteiger partial charge in [-0.1, -0.05) is 104 Å². The fraction of sp³-hybridized carbons (Fsp3) is 1.00. The zero-order valence-corrected chi connectivity index (χ0v) is 18.7. The zero-order valence-electron chi connectivity index (χ0n) is 16.8. The molecule has 0 spiro atoms. The number of unbranched alkanes of at least 4 members (excludes halogenated alkanes) is 14. The van der Waals surface area contributed by atoms with Gasteiger partial charge in [-0.2, -0.15) is 0 Å². The summed E-state index contributed by atoms with van der Waals surface area (Å²) in [4.78, 5) is 9.82. The smallest absolute Gasteiger partial charge is 0.324 e. The molecule has 0 aliphatic heterocycles. The Morgan fingerprint density at radius 3 is 1.44 bits per heavy atom. The van der Waals surface area contributed by atoms with Crippen molar-refractivity contribution in [2.45, 2.75) is 117 Å². The molecule has 5 heteroatoms. The fourth-order valence-corrected chi connectivity index (χ4v) is 4.12. The van der Waals surface area contributed by atoms with Gasteiger partial charge in [-0.05, 0) is 12.8 Å². The fourth-order valence-electron chi connectivity index (χ4n) is 2.95. The van der Waals surface area contributed by atoms with Crippen LogP contribution in [0.2, 0.25) is 0 Å². The second-order valence-electron chi connectivity index (χ2n) is 7.14. The molecule has 25 heavy (non-hydrogen) atoms. The second-order valence-corrected chi connectivity index (χ2v) is 9.12. The van der Waals surface area contributed by atoms with Gasteiger partial charge in [-0.15, -0.1) is 0 Å². The maximum Gasteiger partial charge on any atom is 0.328 e. The largest absolute Gasteiger partial charge is 0.328 e. The molecule has 0 amide bonds. The Balaban J connectivity index is 0. The number of hydrogen-bond donors (Lipinski definition) is 1. The van der Waals surface area contributed by atoms with E-state index in [-0.39, 0.29) is 16.8 Å². The predicted molar refractivity (Wildman–Crippen MR) is 106 cm³/mol. The van der Waals surface area contributed by atoms with E-state index >= 15 is 0 Å². The van der Waals surface area contributed by atoms with Crippen molar-refractivity contribution in [3.63, 3.8) is 0 Å². The normalized spacial score (nSPS) is 13.4. The third kappa shape index (κ3) is 22.6. The van der Waals surface area contributed by atoms with Gasteiger partial charge in [0.15, 0.2) is 0 Å². The summed E-state index contributed by atoms with van der Waals surface area (Å²) in [5.74, 6) is 0. The van der Waals surface area contributed by atoms with Crippen LogP contribution in [0.3, 0.4) is 0 Å². The molecule has 0 rings (SSSR count). The molecule has 1 atom stereocenters. The van der Waals surface area contributed by atoms with E-state index in [1.165, 1.54) is 77.0 Å². The molecule has 0 aromatic rings. The third-order valence-electron chi connectivity index (χ3n) is 4.59. The van der Waals surface area contributed by atoms with Crippen molar-refractivity contribution in [1.29, 1.82) is 0 Å². The predicted octanol–water partition coefficient (Wildman–Crippen LogP) is 7.47. The van der Waals surface area contributed by atoms with Crippen LogP contribution in [0.1, 0.15) is 117 Å². The van der Waals surface area contributed by atoms with Gasteiger partial charge in [-0.3, -0.25) is 4.57 Å². The summed E-state index contributed by atoms with van der Waals surface area (Å²) in [5.41, 5.74) is 0. The molecule has 1 unspecified atom stereocenters. The Bertz CT molecular complexity index is 301. The van der Waals surface area contributed by atoms with Crippen LogP contribution >= 0.6 is 7.60 Å². The SMILES string of the molecule is CCCCCCCCCCOP(=O)(O)CCCCCCCCCC.[Co]. The molecule has 3 nitrogen and oxygen atoms in total. The van der Waals surface area contributed by atoms with E-state index in [1.54, 1.807) is 0 Å². The minimum atomic E-state index is -3.33. The van der Waals surface area contributed by atoms with E-state index in [0.717, 1.165) is 25.7 Å². The van der Waals surface area contributed by atoms with Crippen molar-refractivity contribution in [2.75, 3.05) is 12.8 Å². The zero-order chi connectivity index (χ0) is 17.9. The molecule has 0 heterocycles. The van der Waals surface area contributed by atoms with Crippen LogP contribution in [0.25, 0.3) is 0 Å². The summed E-state index contributed by atoms with van der Waals surface area (Å²) in [7, 11) is -3.33. The Kier molecular flexibility index (Phi) is 23.4. The molecule has 0 saturated carbocycles. The molecule has 1 N–H and O–H groups in total. The first-order valence-electron chi connectivity index (χ1n) is 10.6. The van der Waals surface area contributed by atoms with Crippen molar-refractivity contribution in [2.24, 2.45) is 0 Å². The minimum absolute atomic E-state index is 0. The van der Waals surface area contributed by atoms with Crippen molar-refractivity contribution < 1.29 is 30.8 Å². The standard InChI is InChI=1S/C20H43O3P.Co/c1-3-5-7-9-11-13-15-17-19-23-24(21,22)20-18-16-14-12-10-8-6-4-2;/h3-20H2,1-2H3,(H,21,22);. The average Bonchev–Trinajstić information content (AvgIpc) is 2.55. The van der Waals surface area contributed by atoms with Gasteiger partial charge in [0.2, 0.25) is 0 Å². The van der Waals surface area contributed by atoms with Crippen molar-refractivity contribution in [3.8, 4) is 0 Å². The van der Waals surface area contributed by atoms with Gasteiger partial charge in [0, 0.05) is 22.9 Å². The topological polar surface area (TPSA) is 46.5 Å². The molecule has 1 radical (unpaired) electrons. The number of rotatable bonds is 19. The van der Waals surface area contributed by atoms with Crippen LogP contribution in [0.15, 0.2) is 0 Å². The molecule has 0 aliphatic rings. The summed E-state index contributed by atoms with van der Waals surface area (Å²) in [6, 6.07) is 0. The monoisotopic (exact) mass is 421 g/mol. The van der Waals surface area contributed by atoms with E-state index in [0.29, 0.717) is 12.8 Å². The summed E-state index contributed by atoms with van der Waals surface area (Å²) in [6.45, 7) is 4.91. The van der Waals surface area contributed by atoms with Gasteiger partial charge < -0.3 is 9.42 Å². The van der Waals surface area contributed by atoms with Crippen LogP contribution in [-0.4, -0.2) is 17.7 Å². The molecule has 0 aromatic carbocycles. The van der Waals surface area contributed by atoms with Gasteiger partial charge in [-0.25, -0.2) is 0 Å². The average molecular weight is 421 g/mol. The van der Waals surface area contributed by atoms with Crippen LogP contribution in [-0.2, 0) is 25.9 Å². The molecule has 0 aliphatic carbocycles. The van der Waals surface area contributed by atoms with Gasteiger partial charge >= 0.3 is 7.60 Å². The first-order chi connectivity index (χ1) is 11.6. The van der Waals surface area contributed by atoms with E-state index in [1.807, 2.05) is 0 Å². The van der Waals surface area contributed by atoms with Gasteiger partial charge in [0.05, 0.1) is 6.61 Å². The molecule has 155 valence electrons. The maximum absolute atomic E-state index is 11.9. The molecule has 0 fully saturated rings. The minimum Gasteiger partial charge on any atom is -0.324 e. The molecular weight excluding hydrogens is 378 g/mol. The number of hydrogen-bond acceptors (Lipinski definition) is 2. The quantitative estimate of drug-likeness (QED) is 0.174. The van der Waals surface area contributed by atoms with E-state index < -0.39 is 7.60 Å². The summed E-state index contributed by atoms with van der Waals surface area (Å²) in [6.07, 6.45) is 19.7. The van der Waals surface area contributed by atoms with Crippen LogP contribution in [0, 0.1) is 0 Å². The first kappa shape index (κ1) is 27.9. The molecule has 0 bridgehead atoms. The second kappa shape index (κ2) is 21.0. The van der Waals surface area contributed by atoms with Crippen molar-refractivity contribution in [3.05, 3.63) is 0 Å². The molecular formula is C20H43CoO3P. The van der Waals surface area contributed by atoms with Gasteiger partial charge in [0.1, 0.15) is 0 Å².